The molecule has 2 heterocycles. The van der Waals surface area contributed by atoms with Gasteiger partial charge in [-0.2, -0.15) is 4.98 Å². The maximum absolute atomic E-state index is 6.44. The first-order valence-corrected chi connectivity index (χ1v) is 10.8. The third-order valence-corrected chi connectivity index (χ3v) is 6.48. The molecule has 0 spiro atoms. The minimum atomic E-state index is 0.418. The van der Waals surface area contributed by atoms with Crippen LogP contribution < -0.4 is 0 Å². The van der Waals surface area contributed by atoms with Crippen molar-refractivity contribution in [2.45, 2.75) is 61.4 Å². The van der Waals surface area contributed by atoms with Crippen LogP contribution in [0.15, 0.2) is 33.9 Å². The van der Waals surface area contributed by atoms with Crippen molar-refractivity contribution in [2.75, 3.05) is 0 Å². The summed E-state index contributed by atoms with van der Waals surface area (Å²) in [5, 5.41) is 14.7. The minimum absolute atomic E-state index is 0.418. The van der Waals surface area contributed by atoms with E-state index in [-0.39, 0.29) is 0 Å². The number of benzene rings is 1. The summed E-state index contributed by atoms with van der Waals surface area (Å²) in [6, 6.07) is 8.25. The van der Waals surface area contributed by atoms with Crippen LogP contribution in [0.4, 0.5) is 0 Å². The van der Waals surface area contributed by atoms with Crippen molar-refractivity contribution in [3.05, 3.63) is 41.0 Å². The predicted molar refractivity (Wildman–Crippen MR) is 104 cm³/mol. The maximum Gasteiger partial charge on any atom is 0.229 e. The zero-order valence-corrected chi connectivity index (χ0v) is 16.4. The highest BCUT2D eigenvalue weighted by molar-refractivity contribution is 7.98. The second-order valence-electron chi connectivity index (χ2n) is 7.21. The molecule has 27 heavy (non-hydrogen) atoms. The van der Waals surface area contributed by atoms with Crippen LogP contribution in [0, 0.1) is 0 Å². The van der Waals surface area contributed by atoms with Gasteiger partial charge in [0.2, 0.25) is 5.89 Å². The topological polar surface area (TPSA) is 69.6 Å². The minimum Gasteiger partial charge on any atom is -0.339 e. The van der Waals surface area contributed by atoms with Crippen molar-refractivity contribution in [1.82, 2.24) is 24.9 Å². The van der Waals surface area contributed by atoms with Gasteiger partial charge in [0.15, 0.2) is 16.8 Å². The number of hydrogen-bond donors (Lipinski definition) is 0. The van der Waals surface area contributed by atoms with Crippen molar-refractivity contribution in [1.29, 1.82) is 0 Å². The van der Waals surface area contributed by atoms with Gasteiger partial charge < -0.3 is 4.52 Å². The van der Waals surface area contributed by atoms with E-state index in [0.717, 1.165) is 53.9 Å². The molecule has 1 aromatic carbocycles. The molecule has 0 N–H and O–H groups in total. The van der Waals surface area contributed by atoms with Crippen LogP contribution in [0.2, 0.25) is 5.02 Å². The molecule has 2 aliphatic carbocycles. The van der Waals surface area contributed by atoms with Gasteiger partial charge in [0.1, 0.15) is 0 Å². The van der Waals surface area contributed by atoms with Gasteiger partial charge in [0, 0.05) is 17.5 Å². The molecular weight excluding hydrogens is 382 g/mol. The molecule has 6 nitrogen and oxygen atoms in total. The second-order valence-corrected chi connectivity index (χ2v) is 8.56. The SMILES string of the molecule is Clc1ccccc1-c1nnc(SCc2noc(C3CC3)n2)n1C1CCCC1. The molecule has 140 valence electrons. The first-order chi connectivity index (χ1) is 13.3. The number of rotatable bonds is 6. The molecule has 8 heteroatoms. The number of hydrogen-bond acceptors (Lipinski definition) is 6. The van der Waals surface area contributed by atoms with E-state index in [0.29, 0.717) is 22.7 Å². The van der Waals surface area contributed by atoms with Crippen LogP contribution in [0.25, 0.3) is 11.4 Å². The van der Waals surface area contributed by atoms with Crippen LogP contribution in [-0.2, 0) is 5.75 Å². The van der Waals surface area contributed by atoms with Crippen LogP contribution in [-0.4, -0.2) is 24.9 Å². The molecule has 0 aliphatic heterocycles. The largest absolute Gasteiger partial charge is 0.339 e. The van der Waals surface area contributed by atoms with Gasteiger partial charge in [-0.3, -0.25) is 4.57 Å². The Bertz CT molecular complexity index is 945. The summed E-state index contributed by atoms with van der Waals surface area (Å²) >= 11 is 8.05. The number of halogens is 1. The van der Waals surface area contributed by atoms with E-state index < -0.39 is 0 Å². The summed E-state index contributed by atoms with van der Waals surface area (Å²) in [5.74, 6) is 3.46. The van der Waals surface area contributed by atoms with E-state index in [4.69, 9.17) is 16.1 Å². The summed E-state index contributed by atoms with van der Waals surface area (Å²) in [6.45, 7) is 0. The van der Waals surface area contributed by atoms with Crippen LogP contribution in [0.3, 0.4) is 0 Å². The fraction of sp³-hybridized carbons (Fsp3) is 0.474. The van der Waals surface area contributed by atoms with E-state index in [9.17, 15) is 0 Å². The molecule has 0 unspecified atom stereocenters. The molecule has 5 rings (SSSR count). The Morgan fingerprint density at radius 3 is 2.70 bits per heavy atom. The third-order valence-electron chi connectivity index (χ3n) is 5.21. The Balaban J connectivity index is 1.43. The van der Waals surface area contributed by atoms with E-state index in [2.05, 4.69) is 24.9 Å². The molecule has 0 saturated heterocycles. The van der Waals surface area contributed by atoms with Crippen LogP contribution in [0.1, 0.15) is 62.2 Å². The van der Waals surface area contributed by atoms with Crippen molar-refractivity contribution >= 4 is 23.4 Å². The number of nitrogens with zero attached hydrogens (tertiary/aromatic N) is 5. The van der Waals surface area contributed by atoms with Gasteiger partial charge in [-0.1, -0.05) is 53.5 Å². The molecule has 2 aliphatic rings. The summed E-state index contributed by atoms with van der Waals surface area (Å²) in [6.07, 6.45) is 7.10. The quantitative estimate of drug-likeness (QED) is 0.524. The van der Waals surface area contributed by atoms with Crippen LogP contribution >= 0.6 is 23.4 Å². The van der Waals surface area contributed by atoms with E-state index in [1.807, 2.05) is 24.3 Å². The standard InChI is InChI=1S/C19H20ClN5OS/c20-15-8-4-3-7-14(15)17-22-23-19(25(17)13-5-1-2-6-13)27-11-16-21-18(26-24-16)12-9-10-12/h3-4,7-8,12-13H,1-2,5-6,9-11H2. The number of aromatic nitrogens is 5. The van der Waals surface area contributed by atoms with Gasteiger partial charge in [-0.05, 0) is 37.8 Å². The molecule has 3 aromatic rings. The summed E-state index contributed by atoms with van der Waals surface area (Å²) in [7, 11) is 0. The van der Waals surface area contributed by atoms with Gasteiger partial charge >= 0.3 is 0 Å². The highest BCUT2D eigenvalue weighted by Crippen LogP contribution is 2.40. The number of thioether (sulfide) groups is 1. The van der Waals surface area contributed by atoms with Gasteiger partial charge in [0.05, 0.1) is 10.8 Å². The Morgan fingerprint density at radius 2 is 1.93 bits per heavy atom. The van der Waals surface area contributed by atoms with E-state index in [1.54, 1.807) is 11.8 Å². The smallest absolute Gasteiger partial charge is 0.229 e. The summed E-state index contributed by atoms with van der Waals surface area (Å²) in [5.41, 5.74) is 0.931. The Hall–Kier alpha value is -1.86. The van der Waals surface area contributed by atoms with Crippen molar-refractivity contribution < 1.29 is 4.52 Å². The summed E-state index contributed by atoms with van der Waals surface area (Å²) in [4.78, 5) is 4.52. The molecule has 0 radical (unpaired) electrons. The normalized spacial score (nSPS) is 17.7. The zero-order chi connectivity index (χ0) is 18.2. The Kier molecular flexibility index (Phi) is 4.65. The fourth-order valence-corrected chi connectivity index (χ4v) is 4.71. The monoisotopic (exact) mass is 401 g/mol. The third kappa shape index (κ3) is 3.50. The second kappa shape index (κ2) is 7.28. The van der Waals surface area contributed by atoms with E-state index in [1.165, 1.54) is 12.8 Å². The first kappa shape index (κ1) is 17.3. The fourth-order valence-electron chi connectivity index (χ4n) is 3.64. The Morgan fingerprint density at radius 1 is 1.11 bits per heavy atom. The molecular formula is C19H20ClN5OS. The highest BCUT2D eigenvalue weighted by atomic mass is 35.5. The molecule has 2 saturated carbocycles. The average molecular weight is 402 g/mol. The lowest BCUT2D eigenvalue weighted by Crippen LogP contribution is -2.08. The molecule has 2 aromatic heterocycles. The molecule has 0 atom stereocenters. The van der Waals surface area contributed by atoms with Gasteiger partial charge in [-0.25, -0.2) is 0 Å². The lowest BCUT2D eigenvalue weighted by Gasteiger charge is -2.17. The van der Waals surface area contributed by atoms with Crippen LogP contribution in [0.5, 0.6) is 0 Å². The Labute approximate surface area is 166 Å². The predicted octanol–water partition coefficient (Wildman–Crippen LogP) is 5.27. The summed E-state index contributed by atoms with van der Waals surface area (Å²) < 4.78 is 7.63. The van der Waals surface area contributed by atoms with Crippen molar-refractivity contribution in [2.24, 2.45) is 0 Å². The molecule has 2 fully saturated rings. The lowest BCUT2D eigenvalue weighted by atomic mass is 10.2. The lowest BCUT2D eigenvalue weighted by molar-refractivity contribution is 0.375. The average Bonchev–Trinajstić information content (AvgIpc) is 3.10. The maximum atomic E-state index is 6.44. The molecule has 0 amide bonds. The van der Waals surface area contributed by atoms with Gasteiger partial charge in [-0.15, -0.1) is 10.2 Å². The zero-order valence-electron chi connectivity index (χ0n) is 14.8. The van der Waals surface area contributed by atoms with E-state index >= 15 is 0 Å². The van der Waals surface area contributed by atoms with Crippen molar-refractivity contribution in [3.63, 3.8) is 0 Å². The molecule has 0 bridgehead atoms. The highest BCUT2D eigenvalue weighted by Gasteiger charge is 2.30. The van der Waals surface area contributed by atoms with Gasteiger partial charge in [0.25, 0.3) is 0 Å². The first-order valence-electron chi connectivity index (χ1n) is 9.44. The van der Waals surface area contributed by atoms with Crippen molar-refractivity contribution in [3.8, 4) is 11.4 Å².